The third-order valence-electron chi connectivity index (χ3n) is 5.94. The van der Waals surface area contributed by atoms with Crippen LogP contribution in [0.3, 0.4) is 0 Å². The Bertz CT molecular complexity index is 1130. The first kappa shape index (κ1) is 23.1. The molecule has 7 heteroatoms. The van der Waals surface area contributed by atoms with Gasteiger partial charge in [0.15, 0.2) is 0 Å². The maximum atomic E-state index is 13.0. The molecule has 0 saturated carbocycles. The monoisotopic (exact) mass is 464 g/mol. The van der Waals surface area contributed by atoms with Crippen LogP contribution in [0.25, 0.3) is 5.69 Å². The van der Waals surface area contributed by atoms with E-state index in [1.807, 2.05) is 55.1 Å². The van der Waals surface area contributed by atoms with Crippen molar-refractivity contribution in [3.8, 4) is 5.69 Å². The molecule has 2 heterocycles. The standard InChI is InChI=1S/C26H29ClN4O2/c1-18(2)24-23(17-29-31(24)22-11-9-21(27)10-12-22)25(32)28-16-19-7-6-8-20(15-19)26(33)30-13-4-3-5-14-30/h6-12,15,17-18H,3-5,13-14,16H2,1-2H3,(H,28,32). The van der Waals surface area contributed by atoms with Crippen molar-refractivity contribution in [2.24, 2.45) is 0 Å². The third-order valence-corrected chi connectivity index (χ3v) is 6.19. The Hall–Kier alpha value is -3.12. The summed E-state index contributed by atoms with van der Waals surface area (Å²) in [6, 6.07) is 14.9. The highest BCUT2D eigenvalue weighted by Gasteiger charge is 2.21. The predicted octanol–water partition coefficient (Wildman–Crippen LogP) is 5.21. The molecule has 4 rings (SSSR count). The van der Waals surface area contributed by atoms with E-state index < -0.39 is 0 Å². The van der Waals surface area contributed by atoms with Crippen LogP contribution in [-0.4, -0.2) is 39.6 Å². The molecule has 1 fully saturated rings. The first-order chi connectivity index (χ1) is 15.9. The molecule has 3 aromatic rings. The number of halogens is 1. The Morgan fingerprint density at radius 3 is 2.48 bits per heavy atom. The van der Waals surface area contributed by atoms with E-state index in [4.69, 9.17) is 11.6 Å². The van der Waals surface area contributed by atoms with Gasteiger partial charge in [0.2, 0.25) is 0 Å². The molecular weight excluding hydrogens is 436 g/mol. The van der Waals surface area contributed by atoms with E-state index >= 15 is 0 Å². The summed E-state index contributed by atoms with van der Waals surface area (Å²) in [6.07, 6.45) is 4.91. The first-order valence-electron chi connectivity index (χ1n) is 11.4. The molecule has 2 aromatic carbocycles. The van der Waals surface area contributed by atoms with Crippen molar-refractivity contribution in [1.29, 1.82) is 0 Å². The Morgan fingerprint density at radius 2 is 1.79 bits per heavy atom. The molecule has 1 aliphatic rings. The van der Waals surface area contributed by atoms with Crippen molar-refractivity contribution in [2.45, 2.75) is 45.6 Å². The van der Waals surface area contributed by atoms with Crippen molar-refractivity contribution in [2.75, 3.05) is 13.1 Å². The average Bonchev–Trinajstić information content (AvgIpc) is 3.29. The van der Waals surface area contributed by atoms with Crippen LogP contribution in [0.4, 0.5) is 0 Å². The molecule has 1 N–H and O–H groups in total. The van der Waals surface area contributed by atoms with Crippen LogP contribution in [0, 0.1) is 0 Å². The van der Waals surface area contributed by atoms with Gasteiger partial charge in [0.1, 0.15) is 0 Å². The highest BCUT2D eigenvalue weighted by Crippen LogP contribution is 2.24. The fraction of sp³-hybridized carbons (Fsp3) is 0.346. The van der Waals surface area contributed by atoms with Crippen LogP contribution >= 0.6 is 11.6 Å². The molecule has 6 nitrogen and oxygen atoms in total. The first-order valence-corrected chi connectivity index (χ1v) is 11.8. The molecule has 172 valence electrons. The number of hydrogen-bond donors (Lipinski definition) is 1. The Morgan fingerprint density at radius 1 is 1.06 bits per heavy atom. The van der Waals surface area contributed by atoms with Gasteiger partial charge in [0.25, 0.3) is 11.8 Å². The molecular formula is C26H29ClN4O2. The van der Waals surface area contributed by atoms with Gasteiger partial charge in [-0.15, -0.1) is 0 Å². The van der Waals surface area contributed by atoms with Gasteiger partial charge in [0, 0.05) is 30.2 Å². The van der Waals surface area contributed by atoms with Crippen LogP contribution in [-0.2, 0) is 6.54 Å². The van der Waals surface area contributed by atoms with Crippen molar-refractivity contribution in [3.05, 3.63) is 82.1 Å². The Labute approximate surface area is 199 Å². The topological polar surface area (TPSA) is 67.2 Å². The van der Waals surface area contributed by atoms with E-state index in [-0.39, 0.29) is 17.7 Å². The van der Waals surface area contributed by atoms with E-state index in [0.717, 1.165) is 42.9 Å². The van der Waals surface area contributed by atoms with Crippen LogP contribution < -0.4 is 5.32 Å². The lowest BCUT2D eigenvalue weighted by Crippen LogP contribution is -2.35. The number of carbonyl (C=O) groups excluding carboxylic acids is 2. The Kier molecular flexibility index (Phi) is 7.14. The van der Waals surface area contributed by atoms with Crippen LogP contribution in [0.2, 0.25) is 5.02 Å². The quantitative estimate of drug-likeness (QED) is 0.544. The molecule has 0 radical (unpaired) electrons. The summed E-state index contributed by atoms with van der Waals surface area (Å²) in [6.45, 7) is 6.04. The number of likely N-dealkylation sites (tertiary alicyclic amines) is 1. The highest BCUT2D eigenvalue weighted by molar-refractivity contribution is 6.30. The van der Waals surface area contributed by atoms with Gasteiger partial charge in [-0.1, -0.05) is 37.6 Å². The molecule has 0 aliphatic carbocycles. The molecule has 1 saturated heterocycles. The maximum Gasteiger partial charge on any atom is 0.255 e. The number of amides is 2. The smallest absolute Gasteiger partial charge is 0.255 e. The van der Waals surface area contributed by atoms with Gasteiger partial charge in [-0.25, -0.2) is 4.68 Å². The normalized spacial score (nSPS) is 13.9. The highest BCUT2D eigenvalue weighted by atomic mass is 35.5. The molecule has 1 aromatic heterocycles. The molecule has 2 amide bonds. The van der Waals surface area contributed by atoms with Gasteiger partial charge in [0.05, 0.1) is 23.1 Å². The molecule has 0 unspecified atom stereocenters. The average molecular weight is 465 g/mol. The zero-order valence-electron chi connectivity index (χ0n) is 19.1. The molecule has 1 aliphatic heterocycles. The minimum absolute atomic E-state index is 0.0641. The second-order valence-electron chi connectivity index (χ2n) is 8.72. The lowest BCUT2D eigenvalue weighted by Gasteiger charge is -2.26. The number of piperidine rings is 1. The van der Waals surface area contributed by atoms with Gasteiger partial charge in [-0.2, -0.15) is 5.10 Å². The molecule has 33 heavy (non-hydrogen) atoms. The largest absolute Gasteiger partial charge is 0.348 e. The number of rotatable bonds is 6. The van der Waals surface area contributed by atoms with Gasteiger partial charge in [-0.3, -0.25) is 9.59 Å². The molecule has 0 bridgehead atoms. The summed E-state index contributed by atoms with van der Waals surface area (Å²) < 4.78 is 1.79. The van der Waals surface area contributed by atoms with E-state index in [1.54, 1.807) is 23.0 Å². The summed E-state index contributed by atoms with van der Waals surface area (Å²) in [5, 5.41) is 8.11. The third kappa shape index (κ3) is 5.28. The minimum atomic E-state index is -0.188. The van der Waals surface area contributed by atoms with Gasteiger partial charge >= 0.3 is 0 Å². The van der Waals surface area contributed by atoms with Crippen LogP contribution in [0.15, 0.2) is 54.7 Å². The lowest BCUT2D eigenvalue weighted by molar-refractivity contribution is 0.0724. The van der Waals surface area contributed by atoms with Crippen LogP contribution in [0.5, 0.6) is 0 Å². The number of benzene rings is 2. The van der Waals surface area contributed by atoms with E-state index in [9.17, 15) is 9.59 Å². The number of nitrogens with one attached hydrogen (secondary N) is 1. The molecule has 0 atom stereocenters. The minimum Gasteiger partial charge on any atom is -0.348 e. The summed E-state index contributed by atoms with van der Waals surface area (Å²) >= 11 is 6.01. The zero-order chi connectivity index (χ0) is 23.4. The predicted molar refractivity (Wildman–Crippen MR) is 130 cm³/mol. The summed E-state index contributed by atoms with van der Waals surface area (Å²) in [7, 11) is 0. The number of carbonyl (C=O) groups is 2. The Balaban J connectivity index is 1.48. The second-order valence-corrected chi connectivity index (χ2v) is 9.16. The van der Waals surface area contributed by atoms with E-state index in [2.05, 4.69) is 10.4 Å². The maximum absolute atomic E-state index is 13.0. The molecule has 0 spiro atoms. The van der Waals surface area contributed by atoms with Crippen molar-refractivity contribution < 1.29 is 9.59 Å². The SMILES string of the molecule is CC(C)c1c(C(=O)NCc2cccc(C(=O)N3CCCCC3)c2)cnn1-c1ccc(Cl)cc1. The summed E-state index contributed by atoms with van der Waals surface area (Å²) in [5.41, 5.74) is 3.79. The number of hydrogen-bond acceptors (Lipinski definition) is 3. The zero-order valence-corrected chi connectivity index (χ0v) is 19.8. The van der Waals surface area contributed by atoms with Gasteiger partial charge in [-0.05, 0) is 67.1 Å². The van der Waals surface area contributed by atoms with Crippen LogP contribution in [0.1, 0.15) is 71.0 Å². The van der Waals surface area contributed by atoms with Crippen molar-refractivity contribution >= 4 is 23.4 Å². The van der Waals surface area contributed by atoms with Crippen molar-refractivity contribution in [1.82, 2.24) is 20.0 Å². The fourth-order valence-corrected chi connectivity index (χ4v) is 4.37. The summed E-state index contributed by atoms with van der Waals surface area (Å²) in [5.74, 6) is -0.0321. The fourth-order valence-electron chi connectivity index (χ4n) is 4.25. The second kappa shape index (κ2) is 10.2. The van der Waals surface area contributed by atoms with Gasteiger partial charge < -0.3 is 10.2 Å². The number of nitrogens with zero attached hydrogens (tertiary/aromatic N) is 3. The lowest BCUT2D eigenvalue weighted by atomic mass is 10.0. The summed E-state index contributed by atoms with van der Waals surface area (Å²) in [4.78, 5) is 27.8. The van der Waals surface area contributed by atoms with E-state index in [1.165, 1.54) is 6.42 Å². The number of aromatic nitrogens is 2. The van der Waals surface area contributed by atoms with E-state index in [0.29, 0.717) is 22.7 Å². The van der Waals surface area contributed by atoms with Crippen molar-refractivity contribution in [3.63, 3.8) is 0 Å².